The molecule has 4 aliphatic carbocycles. The summed E-state index contributed by atoms with van der Waals surface area (Å²) in [5.74, 6) is 0.428. The van der Waals surface area contributed by atoms with E-state index >= 15 is 0 Å². The molecular formula is C18H14BrN3O4. The van der Waals surface area contributed by atoms with Crippen molar-refractivity contribution >= 4 is 39.6 Å². The molecule has 2 bridgehead atoms. The van der Waals surface area contributed by atoms with Crippen molar-refractivity contribution in [1.29, 1.82) is 0 Å². The molecule has 26 heavy (non-hydrogen) atoms. The number of allylic oxidation sites excluding steroid dienone is 2. The minimum absolute atomic E-state index is 0.0461. The van der Waals surface area contributed by atoms with Crippen LogP contribution in [0.25, 0.3) is 0 Å². The maximum absolute atomic E-state index is 12.8. The van der Waals surface area contributed by atoms with E-state index in [9.17, 15) is 19.7 Å². The van der Waals surface area contributed by atoms with Crippen LogP contribution in [0.3, 0.4) is 0 Å². The Morgan fingerprint density at radius 1 is 1.15 bits per heavy atom. The highest BCUT2D eigenvalue weighted by molar-refractivity contribution is 9.10. The van der Waals surface area contributed by atoms with Crippen LogP contribution in [0, 0.1) is 45.6 Å². The second-order valence-corrected chi connectivity index (χ2v) is 8.20. The van der Waals surface area contributed by atoms with Crippen LogP contribution in [0.4, 0.5) is 5.69 Å². The topological polar surface area (TPSA) is 92.9 Å². The van der Waals surface area contributed by atoms with Gasteiger partial charge >= 0.3 is 0 Å². The van der Waals surface area contributed by atoms with Crippen molar-refractivity contribution in [1.82, 2.24) is 5.01 Å². The van der Waals surface area contributed by atoms with Crippen molar-refractivity contribution in [3.63, 3.8) is 0 Å². The molecule has 5 aliphatic rings. The predicted molar refractivity (Wildman–Crippen MR) is 94.9 cm³/mol. The van der Waals surface area contributed by atoms with Crippen molar-refractivity contribution < 1.29 is 14.5 Å². The van der Waals surface area contributed by atoms with Gasteiger partial charge in [0.25, 0.3) is 17.5 Å². The summed E-state index contributed by atoms with van der Waals surface area (Å²) in [4.78, 5) is 35.9. The van der Waals surface area contributed by atoms with E-state index in [1.54, 1.807) is 0 Å². The zero-order valence-corrected chi connectivity index (χ0v) is 15.1. The molecular weight excluding hydrogens is 402 g/mol. The standard InChI is InChI=1S/C18H14BrN3O4/c19-14-5-9(22(25)26)2-1-8(14)7-20-21-17(23)15-10-3-4-11(13-6-12(10)13)16(15)18(21)24/h1-5,7,10-13,15-16H,6H2/b20-7-/t10-,11-,12-,13+,15-,16+/m0/s1. The van der Waals surface area contributed by atoms with Crippen molar-refractivity contribution in [3.8, 4) is 0 Å². The molecule has 6 rings (SSSR count). The Morgan fingerprint density at radius 2 is 1.77 bits per heavy atom. The summed E-state index contributed by atoms with van der Waals surface area (Å²) in [6, 6.07) is 4.26. The van der Waals surface area contributed by atoms with Gasteiger partial charge in [0.1, 0.15) is 0 Å². The van der Waals surface area contributed by atoms with Gasteiger partial charge in [0, 0.05) is 22.2 Å². The van der Waals surface area contributed by atoms with Gasteiger partial charge in [0.05, 0.1) is 23.0 Å². The van der Waals surface area contributed by atoms with Gasteiger partial charge < -0.3 is 0 Å². The van der Waals surface area contributed by atoms with Gasteiger partial charge in [-0.1, -0.05) is 12.2 Å². The molecule has 1 saturated heterocycles. The van der Waals surface area contributed by atoms with Gasteiger partial charge in [0.15, 0.2) is 0 Å². The van der Waals surface area contributed by atoms with Gasteiger partial charge in [-0.15, -0.1) is 0 Å². The minimum atomic E-state index is -0.488. The van der Waals surface area contributed by atoms with Crippen molar-refractivity contribution in [2.75, 3.05) is 0 Å². The molecule has 1 aromatic carbocycles. The largest absolute Gasteiger partial charge is 0.272 e. The van der Waals surface area contributed by atoms with Gasteiger partial charge in [-0.25, -0.2) is 0 Å². The van der Waals surface area contributed by atoms with E-state index in [1.165, 1.54) is 24.4 Å². The second kappa shape index (κ2) is 5.33. The van der Waals surface area contributed by atoms with Crippen LogP contribution in [-0.2, 0) is 9.59 Å². The van der Waals surface area contributed by atoms with Crippen LogP contribution >= 0.6 is 15.9 Å². The molecule has 6 atom stereocenters. The zero-order chi connectivity index (χ0) is 18.2. The van der Waals surface area contributed by atoms with Crippen LogP contribution in [0.2, 0.25) is 0 Å². The monoisotopic (exact) mass is 415 g/mol. The summed E-state index contributed by atoms with van der Waals surface area (Å²) in [6.45, 7) is 0. The number of hydrogen-bond donors (Lipinski definition) is 0. The number of carbonyl (C=O) groups is 2. The third-order valence-corrected chi connectivity index (χ3v) is 6.83. The van der Waals surface area contributed by atoms with Gasteiger partial charge in [-0.2, -0.15) is 10.1 Å². The maximum atomic E-state index is 12.8. The Hall–Kier alpha value is -2.35. The number of nitro benzene ring substituents is 1. The number of imide groups is 1. The molecule has 132 valence electrons. The highest BCUT2D eigenvalue weighted by Gasteiger charge is 2.67. The normalized spacial score (nSPS) is 36.6. The van der Waals surface area contributed by atoms with Gasteiger partial charge in [-0.3, -0.25) is 19.7 Å². The Morgan fingerprint density at radius 3 is 2.31 bits per heavy atom. The summed E-state index contributed by atoms with van der Waals surface area (Å²) in [6.07, 6.45) is 6.75. The first-order chi connectivity index (χ1) is 12.5. The number of nitro groups is 1. The molecule has 8 heteroatoms. The maximum Gasteiger partial charge on any atom is 0.270 e. The Labute approximate surface area is 157 Å². The lowest BCUT2D eigenvalue weighted by molar-refractivity contribution is -0.384. The lowest BCUT2D eigenvalue weighted by Gasteiger charge is -2.37. The highest BCUT2D eigenvalue weighted by Crippen LogP contribution is 2.65. The average molecular weight is 416 g/mol. The number of hydrogen-bond acceptors (Lipinski definition) is 5. The summed E-state index contributed by atoms with van der Waals surface area (Å²) < 4.78 is 0.481. The van der Waals surface area contributed by atoms with Gasteiger partial charge in [0.2, 0.25) is 0 Å². The third-order valence-electron chi connectivity index (χ3n) is 6.15. The lowest BCUT2D eigenvalue weighted by atomic mass is 9.63. The quantitative estimate of drug-likeness (QED) is 0.249. The number of amides is 2. The van der Waals surface area contributed by atoms with Crippen molar-refractivity contribution in [2.45, 2.75) is 6.42 Å². The SMILES string of the molecule is O=C1[C@@H]2[C@H]3C=C[C@@H]([C@@H]4C[C@H]34)[C@@H]2C(=O)N1/N=C\c1ccc([N+](=O)[O-])cc1Br. The first-order valence-corrected chi connectivity index (χ1v) is 9.30. The summed E-state index contributed by atoms with van der Waals surface area (Å²) in [5, 5.41) is 15.9. The van der Waals surface area contributed by atoms with E-state index in [0.29, 0.717) is 21.9 Å². The molecule has 1 aromatic rings. The molecule has 7 nitrogen and oxygen atoms in total. The van der Waals surface area contributed by atoms with E-state index < -0.39 is 4.92 Å². The molecule has 2 saturated carbocycles. The Balaban J connectivity index is 1.42. The summed E-state index contributed by atoms with van der Waals surface area (Å²) in [5.41, 5.74) is 0.519. The fraction of sp³-hybridized carbons (Fsp3) is 0.389. The van der Waals surface area contributed by atoms with E-state index in [1.807, 2.05) is 0 Å². The average Bonchev–Trinajstić information content (AvgIpc) is 3.40. The molecule has 1 heterocycles. The smallest absolute Gasteiger partial charge is 0.270 e. The van der Waals surface area contributed by atoms with E-state index in [-0.39, 0.29) is 41.2 Å². The molecule has 3 fully saturated rings. The first-order valence-electron chi connectivity index (χ1n) is 8.51. The molecule has 1 aliphatic heterocycles. The molecule has 0 aromatic heterocycles. The first kappa shape index (κ1) is 15.9. The lowest BCUT2D eigenvalue weighted by Crippen LogP contribution is -2.40. The molecule has 0 radical (unpaired) electrons. The number of nitrogens with zero attached hydrogens (tertiary/aromatic N) is 3. The Kier molecular flexibility index (Phi) is 3.25. The van der Waals surface area contributed by atoms with Crippen LogP contribution in [-0.4, -0.2) is 28.0 Å². The number of rotatable bonds is 3. The molecule has 0 N–H and O–H groups in total. The fourth-order valence-corrected chi connectivity index (χ4v) is 5.38. The molecule has 2 amide bonds. The summed E-state index contributed by atoms with van der Waals surface area (Å²) >= 11 is 3.27. The highest BCUT2D eigenvalue weighted by atomic mass is 79.9. The van der Waals surface area contributed by atoms with E-state index in [0.717, 1.165) is 11.4 Å². The Bertz CT molecular complexity index is 891. The third kappa shape index (κ3) is 2.08. The van der Waals surface area contributed by atoms with E-state index in [2.05, 4.69) is 33.2 Å². The van der Waals surface area contributed by atoms with Crippen molar-refractivity contribution in [3.05, 3.63) is 50.5 Å². The van der Waals surface area contributed by atoms with Crippen LogP contribution in [0.1, 0.15) is 12.0 Å². The number of carbonyl (C=O) groups excluding carboxylic acids is 2. The van der Waals surface area contributed by atoms with E-state index in [4.69, 9.17) is 0 Å². The number of benzene rings is 1. The second-order valence-electron chi connectivity index (χ2n) is 7.35. The zero-order valence-electron chi connectivity index (χ0n) is 13.5. The fourth-order valence-electron chi connectivity index (χ4n) is 4.91. The van der Waals surface area contributed by atoms with Gasteiger partial charge in [-0.05, 0) is 52.1 Å². The number of hydrazone groups is 1. The summed E-state index contributed by atoms with van der Waals surface area (Å²) in [7, 11) is 0. The number of halogens is 1. The molecule has 0 unspecified atom stereocenters. The van der Waals surface area contributed by atoms with Crippen LogP contribution in [0.15, 0.2) is 39.9 Å². The minimum Gasteiger partial charge on any atom is -0.272 e. The van der Waals surface area contributed by atoms with Crippen molar-refractivity contribution in [2.24, 2.45) is 40.6 Å². The number of non-ortho nitro benzene ring substituents is 1. The van der Waals surface area contributed by atoms with Crippen LogP contribution in [0.5, 0.6) is 0 Å². The predicted octanol–water partition coefficient (Wildman–Crippen LogP) is 2.74. The molecule has 0 spiro atoms. The van der Waals surface area contributed by atoms with Crippen LogP contribution < -0.4 is 0 Å².